The van der Waals surface area contributed by atoms with E-state index in [1.807, 2.05) is 13.8 Å². The first-order chi connectivity index (χ1) is 13.2. The van der Waals surface area contributed by atoms with Gasteiger partial charge < -0.3 is 0 Å². The SMILES string of the molecule is CCc1ccc(S(=O)(=O)Nc2ccc(S(=O)(=O)N3CCC[C@@H](C)C3)cc2)cc1. The summed E-state index contributed by atoms with van der Waals surface area (Å²) in [7, 11) is -7.28. The molecule has 0 spiro atoms. The molecule has 0 bridgehead atoms. The van der Waals surface area contributed by atoms with Gasteiger partial charge in [0.25, 0.3) is 10.0 Å². The summed E-state index contributed by atoms with van der Waals surface area (Å²) in [4.78, 5) is 0.348. The maximum Gasteiger partial charge on any atom is 0.261 e. The van der Waals surface area contributed by atoms with Gasteiger partial charge in [0.1, 0.15) is 0 Å². The molecule has 1 saturated heterocycles. The van der Waals surface area contributed by atoms with Gasteiger partial charge in [-0.3, -0.25) is 4.72 Å². The Kier molecular flexibility index (Phi) is 6.12. The smallest absolute Gasteiger partial charge is 0.261 e. The second-order valence-electron chi connectivity index (χ2n) is 7.24. The summed E-state index contributed by atoms with van der Waals surface area (Å²) in [6, 6.07) is 12.6. The topological polar surface area (TPSA) is 83.5 Å². The molecule has 0 aromatic heterocycles. The van der Waals surface area contributed by atoms with E-state index < -0.39 is 20.0 Å². The van der Waals surface area contributed by atoms with Crippen molar-refractivity contribution in [2.75, 3.05) is 17.8 Å². The highest BCUT2D eigenvalue weighted by molar-refractivity contribution is 7.92. The minimum Gasteiger partial charge on any atom is -0.280 e. The molecular weight excluding hydrogens is 396 g/mol. The molecule has 1 N–H and O–H groups in total. The van der Waals surface area contributed by atoms with Crippen molar-refractivity contribution < 1.29 is 16.8 Å². The average molecular weight is 423 g/mol. The van der Waals surface area contributed by atoms with Crippen LogP contribution in [-0.4, -0.2) is 34.2 Å². The summed E-state index contributed by atoms with van der Waals surface area (Å²) < 4.78 is 54.7. The molecule has 1 aliphatic heterocycles. The van der Waals surface area contributed by atoms with Crippen LogP contribution in [-0.2, 0) is 26.5 Å². The van der Waals surface area contributed by atoms with Crippen LogP contribution < -0.4 is 4.72 Å². The third kappa shape index (κ3) is 4.56. The van der Waals surface area contributed by atoms with Gasteiger partial charge in [0.2, 0.25) is 10.0 Å². The molecule has 6 nitrogen and oxygen atoms in total. The van der Waals surface area contributed by atoms with Crippen molar-refractivity contribution in [2.24, 2.45) is 5.92 Å². The predicted molar refractivity (Wildman–Crippen MR) is 110 cm³/mol. The highest BCUT2D eigenvalue weighted by Crippen LogP contribution is 2.25. The molecule has 1 fully saturated rings. The molecule has 0 amide bonds. The lowest BCUT2D eigenvalue weighted by Crippen LogP contribution is -2.39. The van der Waals surface area contributed by atoms with Gasteiger partial charge in [-0.15, -0.1) is 0 Å². The molecule has 2 aromatic carbocycles. The Bertz CT molecular complexity index is 1010. The molecule has 152 valence electrons. The summed E-state index contributed by atoms with van der Waals surface area (Å²) in [5.74, 6) is 0.341. The van der Waals surface area contributed by atoms with Crippen LogP contribution in [0.5, 0.6) is 0 Å². The Balaban J connectivity index is 1.76. The van der Waals surface area contributed by atoms with Crippen molar-refractivity contribution in [1.29, 1.82) is 0 Å². The fourth-order valence-electron chi connectivity index (χ4n) is 3.33. The number of hydrogen-bond donors (Lipinski definition) is 1. The molecule has 1 aliphatic rings. The third-order valence-corrected chi connectivity index (χ3v) is 8.28. The third-order valence-electron chi connectivity index (χ3n) is 5.01. The lowest BCUT2D eigenvalue weighted by atomic mass is 10.0. The molecule has 2 aromatic rings. The number of sulfonamides is 2. The Hall–Kier alpha value is -1.90. The Labute approximate surface area is 167 Å². The molecule has 1 heterocycles. The number of rotatable bonds is 6. The van der Waals surface area contributed by atoms with E-state index in [4.69, 9.17) is 0 Å². The van der Waals surface area contributed by atoms with Gasteiger partial charge in [-0.25, -0.2) is 16.8 Å². The second-order valence-corrected chi connectivity index (χ2v) is 10.9. The number of benzene rings is 2. The van der Waals surface area contributed by atoms with Crippen molar-refractivity contribution in [3.8, 4) is 0 Å². The summed E-state index contributed by atoms with van der Waals surface area (Å²) in [5.41, 5.74) is 1.38. The zero-order valence-corrected chi connectivity index (χ0v) is 17.8. The number of anilines is 1. The number of nitrogens with zero attached hydrogens (tertiary/aromatic N) is 1. The molecule has 3 rings (SSSR count). The largest absolute Gasteiger partial charge is 0.280 e. The molecule has 8 heteroatoms. The fourth-order valence-corrected chi connectivity index (χ4v) is 5.98. The number of aryl methyl sites for hydroxylation is 1. The quantitative estimate of drug-likeness (QED) is 0.773. The van der Waals surface area contributed by atoms with Crippen LogP contribution in [0.2, 0.25) is 0 Å². The minimum absolute atomic E-state index is 0.170. The highest BCUT2D eigenvalue weighted by atomic mass is 32.2. The van der Waals surface area contributed by atoms with Gasteiger partial charge in [0.15, 0.2) is 0 Å². The van der Waals surface area contributed by atoms with Crippen LogP contribution in [0.15, 0.2) is 58.3 Å². The van der Waals surface area contributed by atoms with Gasteiger partial charge in [0.05, 0.1) is 9.79 Å². The first-order valence-corrected chi connectivity index (χ1v) is 12.4. The Morgan fingerprint density at radius 3 is 2.14 bits per heavy atom. The molecular formula is C20H26N2O4S2. The van der Waals surface area contributed by atoms with E-state index in [2.05, 4.69) is 4.72 Å². The van der Waals surface area contributed by atoms with Crippen molar-refractivity contribution in [3.63, 3.8) is 0 Å². The molecule has 0 saturated carbocycles. The van der Waals surface area contributed by atoms with Crippen LogP contribution in [0.25, 0.3) is 0 Å². The second kappa shape index (κ2) is 8.23. The molecule has 0 radical (unpaired) electrons. The predicted octanol–water partition coefficient (Wildman–Crippen LogP) is 3.47. The van der Waals surface area contributed by atoms with E-state index in [9.17, 15) is 16.8 Å². The average Bonchev–Trinajstić information content (AvgIpc) is 2.68. The Morgan fingerprint density at radius 2 is 1.57 bits per heavy atom. The van der Waals surface area contributed by atoms with Crippen molar-refractivity contribution >= 4 is 25.7 Å². The lowest BCUT2D eigenvalue weighted by Gasteiger charge is -2.30. The van der Waals surface area contributed by atoms with E-state index in [0.29, 0.717) is 24.7 Å². The monoisotopic (exact) mass is 422 g/mol. The molecule has 1 atom stereocenters. The van der Waals surface area contributed by atoms with Gasteiger partial charge in [-0.2, -0.15) is 4.31 Å². The van der Waals surface area contributed by atoms with Gasteiger partial charge in [-0.05, 0) is 67.1 Å². The minimum atomic E-state index is -3.72. The van der Waals surface area contributed by atoms with E-state index >= 15 is 0 Å². The summed E-state index contributed by atoms with van der Waals surface area (Å²) in [5, 5.41) is 0. The van der Waals surface area contributed by atoms with E-state index in [-0.39, 0.29) is 9.79 Å². The number of hydrogen-bond acceptors (Lipinski definition) is 4. The summed E-state index contributed by atoms with van der Waals surface area (Å²) >= 11 is 0. The first kappa shape index (κ1) is 20.8. The van der Waals surface area contributed by atoms with Crippen LogP contribution in [0.1, 0.15) is 32.3 Å². The van der Waals surface area contributed by atoms with E-state index in [1.165, 1.54) is 28.6 Å². The van der Waals surface area contributed by atoms with Crippen LogP contribution >= 0.6 is 0 Å². The number of piperidine rings is 1. The van der Waals surface area contributed by atoms with Gasteiger partial charge in [-0.1, -0.05) is 26.0 Å². The highest BCUT2D eigenvalue weighted by Gasteiger charge is 2.28. The standard InChI is InChI=1S/C20H26N2O4S2/c1-3-17-6-10-19(11-7-17)27(23,24)21-18-8-12-20(13-9-18)28(25,26)22-14-4-5-16(2)15-22/h6-13,16,21H,3-5,14-15H2,1-2H3/t16-/m1/s1. The summed E-state index contributed by atoms with van der Waals surface area (Å²) in [6.07, 6.45) is 2.72. The molecule has 0 aliphatic carbocycles. The van der Waals surface area contributed by atoms with Gasteiger partial charge in [0, 0.05) is 18.8 Å². The first-order valence-electron chi connectivity index (χ1n) is 9.44. The van der Waals surface area contributed by atoms with Crippen molar-refractivity contribution in [3.05, 3.63) is 54.1 Å². The van der Waals surface area contributed by atoms with Crippen LogP contribution in [0.3, 0.4) is 0 Å². The number of nitrogens with one attached hydrogen (secondary N) is 1. The maximum atomic E-state index is 12.8. The lowest BCUT2D eigenvalue weighted by molar-refractivity contribution is 0.281. The molecule has 0 unspecified atom stereocenters. The van der Waals surface area contributed by atoms with E-state index in [0.717, 1.165) is 24.8 Å². The maximum absolute atomic E-state index is 12.8. The molecule has 28 heavy (non-hydrogen) atoms. The normalized spacial score (nSPS) is 18.7. The zero-order chi connectivity index (χ0) is 20.4. The van der Waals surface area contributed by atoms with Crippen LogP contribution in [0.4, 0.5) is 5.69 Å². The zero-order valence-electron chi connectivity index (χ0n) is 16.1. The summed E-state index contributed by atoms with van der Waals surface area (Å²) in [6.45, 7) is 5.09. The Morgan fingerprint density at radius 1 is 0.964 bits per heavy atom. The van der Waals surface area contributed by atoms with Gasteiger partial charge >= 0.3 is 0 Å². The fraction of sp³-hybridized carbons (Fsp3) is 0.400. The van der Waals surface area contributed by atoms with Crippen molar-refractivity contribution in [1.82, 2.24) is 4.31 Å². The van der Waals surface area contributed by atoms with E-state index in [1.54, 1.807) is 24.3 Å². The van der Waals surface area contributed by atoms with Crippen LogP contribution in [0, 0.1) is 5.92 Å². The van der Waals surface area contributed by atoms with Crippen molar-refractivity contribution in [2.45, 2.75) is 42.9 Å².